The van der Waals surface area contributed by atoms with Gasteiger partial charge in [0.2, 0.25) is 0 Å². The van der Waals surface area contributed by atoms with Gasteiger partial charge in [0.05, 0.1) is 17.5 Å². The van der Waals surface area contributed by atoms with Crippen molar-refractivity contribution in [1.82, 2.24) is 15.1 Å². The molecule has 0 heterocycles. The van der Waals surface area contributed by atoms with Crippen LogP contribution >= 0.6 is 0 Å². The molecule has 2 amide bonds. The number of alkyl carbamates (subject to hydrolysis) is 1. The molecule has 32 heavy (non-hydrogen) atoms. The molecule has 9 nitrogen and oxygen atoms in total. The number of sulfonamides is 1. The zero-order valence-electron chi connectivity index (χ0n) is 19.6. The van der Waals surface area contributed by atoms with Gasteiger partial charge in [-0.25, -0.2) is 13.2 Å². The minimum Gasteiger partial charge on any atom is -0.444 e. The molecule has 10 heteroatoms. The molecule has 0 bridgehead atoms. The third-order valence-electron chi connectivity index (χ3n) is 5.42. The fourth-order valence-corrected chi connectivity index (χ4v) is 4.62. The summed E-state index contributed by atoms with van der Waals surface area (Å²) < 4.78 is 30.8. The monoisotopic (exact) mass is 469 g/mol. The lowest BCUT2D eigenvalue weighted by atomic mass is 9.90. The van der Waals surface area contributed by atoms with Crippen molar-refractivity contribution in [3.63, 3.8) is 0 Å². The van der Waals surface area contributed by atoms with E-state index in [0.29, 0.717) is 5.56 Å². The van der Waals surface area contributed by atoms with Gasteiger partial charge in [-0.2, -0.15) is 0 Å². The van der Waals surface area contributed by atoms with Crippen LogP contribution in [0.25, 0.3) is 0 Å². The highest BCUT2D eigenvalue weighted by atomic mass is 32.2. The highest BCUT2D eigenvalue weighted by molar-refractivity contribution is 7.89. The van der Waals surface area contributed by atoms with Crippen molar-refractivity contribution >= 4 is 22.0 Å². The third kappa shape index (κ3) is 7.18. The number of carbonyl (C=O) groups is 2. The quantitative estimate of drug-likeness (QED) is 0.468. The van der Waals surface area contributed by atoms with Gasteiger partial charge in [-0.15, -0.1) is 0 Å². The molecule has 0 unspecified atom stereocenters. The van der Waals surface area contributed by atoms with Crippen LogP contribution in [0.5, 0.6) is 0 Å². The lowest BCUT2D eigenvalue weighted by molar-refractivity contribution is -0.0258. The van der Waals surface area contributed by atoms with E-state index in [0.717, 1.165) is 43.0 Å². The molecule has 0 aliphatic heterocycles. The molecule has 0 atom stereocenters. The first-order valence-corrected chi connectivity index (χ1v) is 12.3. The molecule has 2 N–H and O–H groups in total. The van der Waals surface area contributed by atoms with Crippen molar-refractivity contribution in [2.45, 2.75) is 75.3 Å². The molecule has 1 fully saturated rings. The van der Waals surface area contributed by atoms with E-state index >= 15 is 0 Å². The Bertz CT molecular complexity index is 885. The number of hydroxylamine groups is 1. The smallest absolute Gasteiger partial charge is 0.408 e. The predicted molar refractivity (Wildman–Crippen MR) is 121 cm³/mol. The van der Waals surface area contributed by atoms with Crippen molar-refractivity contribution in [1.29, 1.82) is 0 Å². The van der Waals surface area contributed by atoms with Crippen LogP contribution in [0.1, 0.15) is 69.7 Å². The lowest BCUT2D eigenvalue weighted by Gasteiger charge is -2.35. The maximum atomic E-state index is 12.7. The van der Waals surface area contributed by atoms with Crippen LogP contribution in [-0.2, 0) is 19.6 Å². The van der Waals surface area contributed by atoms with Gasteiger partial charge in [-0.05, 0) is 57.9 Å². The van der Waals surface area contributed by atoms with Crippen molar-refractivity contribution in [2.75, 3.05) is 20.7 Å². The second-order valence-electron chi connectivity index (χ2n) is 9.13. The maximum Gasteiger partial charge on any atom is 0.408 e. The molecule has 180 valence electrons. The molecule has 1 aliphatic carbocycles. The standard InChI is InChI=1S/C22H35N3O6S/c1-21(2,3)31-20(27)24-22(14-8-6-7-9-15-22)16-23-19(26)17-10-12-18(13-11-17)32(28,29)25(4)30-5/h10-13H,6-9,14-16H2,1-5H3,(H,23,26)(H,24,27). The van der Waals surface area contributed by atoms with Gasteiger partial charge in [0.15, 0.2) is 0 Å². The minimum absolute atomic E-state index is 0.0187. The maximum absolute atomic E-state index is 12.7. The zero-order chi connectivity index (χ0) is 24.0. The number of carbonyl (C=O) groups excluding carboxylic acids is 2. The van der Waals surface area contributed by atoms with Crippen LogP contribution < -0.4 is 10.6 Å². The summed E-state index contributed by atoms with van der Waals surface area (Å²) in [5, 5.41) is 5.91. The van der Waals surface area contributed by atoms with Crippen LogP contribution in [0.3, 0.4) is 0 Å². The number of rotatable bonds is 7. The van der Waals surface area contributed by atoms with Gasteiger partial charge in [0, 0.05) is 19.2 Å². The molecule has 1 aromatic carbocycles. The number of amides is 2. The van der Waals surface area contributed by atoms with Gasteiger partial charge in [0.1, 0.15) is 5.60 Å². The largest absolute Gasteiger partial charge is 0.444 e. The van der Waals surface area contributed by atoms with Gasteiger partial charge < -0.3 is 15.4 Å². The normalized spacial score (nSPS) is 16.8. The number of hydrogen-bond donors (Lipinski definition) is 2. The van der Waals surface area contributed by atoms with E-state index < -0.39 is 27.3 Å². The molecular weight excluding hydrogens is 434 g/mol. The summed E-state index contributed by atoms with van der Waals surface area (Å²) in [6.45, 7) is 5.69. The molecule has 0 radical (unpaired) electrons. The Morgan fingerprint density at radius 3 is 2.12 bits per heavy atom. The summed E-state index contributed by atoms with van der Waals surface area (Å²) in [7, 11) is -1.24. The fourth-order valence-electron chi connectivity index (χ4n) is 3.65. The van der Waals surface area contributed by atoms with Crippen LogP contribution in [0, 0.1) is 0 Å². The number of nitrogens with one attached hydrogen (secondary N) is 2. The van der Waals surface area contributed by atoms with Crippen molar-refractivity contribution in [2.24, 2.45) is 0 Å². The van der Waals surface area contributed by atoms with Crippen molar-refractivity contribution < 1.29 is 27.6 Å². The molecule has 0 aromatic heterocycles. The second kappa shape index (κ2) is 10.6. The summed E-state index contributed by atoms with van der Waals surface area (Å²) >= 11 is 0. The van der Waals surface area contributed by atoms with Crippen LogP contribution in [0.4, 0.5) is 4.79 Å². The van der Waals surface area contributed by atoms with Crippen LogP contribution in [0.15, 0.2) is 29.2 Å². The van der Waals surface area contributed by atoms with Gasteiger partial charge in [-0.3, -0.25) is 9.63 Å². The second-order valence-corrected chi connectivity index (χ2v) is 11.1. The van der Waals surface area contributed by atoms with Gasteiger partial charge >= 0.3 is 6.09 Å². The van der Waals surface area contributed by atoms with Gasteiger partial charge in [-0.1, -0.05) is 30.2 Å². The first-order valence-electron chi connectivity index (χ1n) is 10.8. The van der Waals surface area contributed by atoms with Crippen molar-refractivity contribution in [3.05, 3.63) is 29.8 Å². The van der Waals surface area contributed by atoms with Gasteiger partial charge in [0.25, 0.3) is 15.9 Å². The molecular formula is C22H35N3O6S. The topological polar surface area (TPSA) is 114 Å². The van der Waals surface area contributed by atoms with Crippen LogP contribution in [-0.4, -0.2) is 56.7 Å². The highest BCUT2D eigenvalue weighted by Crippen LogP contribution is 2.27. The summed E-state index contributed by atoms with van der Waals surface area (Å²) in [5.41, 5.74) is -0.873. The highest BCUT2D eigenvalue weighted by Gasteiger charge is 2.34. The van der Waals surface area contributed by atoms with E-state index in [1.54, 1.807) is 0 Å². The average Bonchev–Trinajstić information content (AvgIpc) is 2.95. The molecule has 0 saturated heterocycles. The Morgan fingerprint density at radius 2 is 1.62 bits per heavy atom. The average molecular weight is 470 g/mol. The zero-order valence-corrected chi connectivity index (χ0v) is 20.4. The number of ether oxygens (including phenoxy) is 1. The SMILES string of the molecule is CON(C)S(=O)(=O)c1ccc(C(=O)NCC2(NC(=O)OC(C)(C)C)CCCCCC2)cc1. The number of nitrogens with zero attached hydrogens (tertiary/aromatic N) is 1. The fraction of sp³-hybridized carbons (Fsp3) is 0.636. The Morgan fingerprint density at radius 1 is 1.06 bits per heavy atom. The van der Waals surface area contributed by atoms with E-state index in [2.05, 4.69) is 10.6 Å². The Kier molecular flexibility index (Phi) is 8.67. The Hall–Kier alpha value is -2.17. The lowest BCUT2D eigenvalue weighted by Crippen LogP contribution is -2.56. The van der Waals surface area contributed by atoms with E-state index in [4.69, 9.17) is 9.57 Å². The van der Waals surface area contributed by atoms with E-state index in [-0.39, 0.29) is 17.3 Å². The minimum atomic E-state index is -3.79. The number of benzene rings is 1. The Labute approximate surface area is 190 Å². The summed E-state index contributed by atoms with van der Waals surface area (Å²) in [5.74, 6) is -0.344. The molecule has 1 aliphatic rings. The van der Waals surface area contributed by atoms with E-state index in [1.165, 1.54) is 38.4 Å². The van der Waals surface area contributed by atoms with Crippen molar-refractivity contribution in [3.8, 4) is 0 Å². The molecule has 1 aromatic rings. The third-order valence-corrected chi connectivity index (χ3v) is 7.12. The van der Waals surface area contributed by atoms with E-state index in [9.17, 15) is 18.0 Å². The predicted octanol–water partition coefficient (Wildman–Crippen LogP) is 3.22. The summed E-state index contributed by atoms with van der Waals surface area (Å²) in [6.07, 6.45) is 5.05. The Balaban J connectivity index is 2.10. The first-order chi connectivity index (χ1) is 14.9. The van der Waals surface area contributed by atoms with E-state index in [1.807, 2.05) is 20.8 Å². The summed E-state index contributed by atoms with van der Waals surface area (Å²) in [6, 6.07) is 5.62. The molecule has 1 saturated carbocycles. The summed E-state index contributed by atoms with van der Waals surface area (Å²) in [4.78, 5) is 30.0. The van der Waals surface area contributed by atoms with Crippen LogP contribution in [0.2, 0.25) is 0 Å². The number of hydrogen-bond acceptors (Lipinski definition) is 6. The molecule has 0 spiro atoms. The molecule has 2 rings (SSSR count). The first kappa shape index (κ1) is 26.1.